The van der Waals surface area contributed by atoms with E-state index in [1.54, 1.807) is 47.6 Å². The first kappa shape index (κ1) is 41.3. The normalized spacial score (nSPS) is 11.1. The van der Waals surface area contributed by atoms with E-state index in [1.807, 2.05) is 9.80 Å². The number of methoxy groups -OCH3 is 6. The Morgan fingerprint density at radius 1 is 0.500 bits per heavy atom. The molecule has 16 nitrogen and oxygen atoms in total. The summed E-state index contributed by atoms with van der Waals surface area (Å²) < 4.78 is 32.0. The van der Waals surface area contributed by atoms with Crippen LogP contribution in [0, 0.1) is 0 Å². The summed E-state index contributed by atoms with van der Waals surface area (Å²) in [5.41, 5.74) is 0.0675. The zero-order chi connectivity index (χ0) is 34.2. The maximum absolute atomic E-state index is 14.3. The quantitative estimate of drug-likeness (QED) is 0.119. The Morgan fingerprint density at radius 2 is 0.783 bits per heavy atom. The van der Waals surface area contributed by atoms with Crippen molar-refractivity contribution in [1.29, 1.82) is 0 Å². The van der Waals surface area contributed by atoms with Gasteiger partial charge in [0, 0.05) is 108 Å². The molecule has 0 aliphatic heterocycles. The van der Waals surface area contributed by atoms with Crippen LogP contribution in [0.5, 0.6) is 0 Å². The van der Waals surface area contributed by atoms with Gasteiger partial charge in [-0.2, -0.15) is 0 Å². The van der Waals surface area contributed by atoms with Gasteiger partial charge in [-0.3, -0.25) is 9.59 Å². The summed E-state index contributed by atoms with van der Waals surface area (Å²) in [7, 11) is 9.41. The highest BCUT2D eigenvalue weighted by molar-refractivity contribution is 6.02. The number of nitrogens with zero attached hydrogens (tertiary/aromatic N) is 6. The van der Waals surface area contributed by atoms with Crippen molar-refractivity contribution in [3.05, 3.63) is 11.4 Å². The molecule has 0 bridgehead atoms. The second-order valence-corrected chi connectivity index (χ2v) is 10.2. The fourth-order valence-corrected chi connectivity index (χ4v) is 4.45. The maximum atomic E-state index is 14.3. The molecule has 0 radical (unpaired) electrons. The molecule has 1 aromatic rings. The van der Waals surface area contributed by atoms with Crippen molar-refractivity contribution in [1.82, 2.24) is 19.8 Å². The van der Waals surface area contributed by atoms with Gasteiger partial charge in [0.15, 0.2) is 23.0 Å². The largest absolute Gasteiger partial charge is 0.396 e. The Morgan fingerprint density at radius 3 is 1.07 bits per heavy atom. The van der Waals surface area contributed by atoms with E-state index in [-0.39, 0.29) is 75.6 Å². The molecule has 0 unspecified atom stereocenters. The van der Waals surface area contributed by atoms with Gasteiger partial charge in [-0.25, -0.2) is 9.97 Å². The average Bonchev–Trinajstić information content (AvgIpc) is 3.07. The molecule has 0 spiro atoms. The lowest BCUT2D eigenvalue weighted by Gasteiger charge is -2.32. The highest BCUT2D eigenvalue weighted by Crippen LogP contribution is 2.27. The molecule has 1 aromatic heterocycles. The lowest BCUT2D eigenvalue weighted by molar-refractivity contribution is 0.0620. The van der Waals surface area contributed by atoms with Crippen LogP contribution in [0.15, 0.2) is 0 Å². The fraction of sp³-hybridized carbons (Fsp3) is 0.800. The molecule has 16 heteroatoms. The van der Waals surface area contributed by atoms with E-state index in [2.05, 4.69) is 0 Å². The van der Waals surface area contributed by atoms with Crippen molar-refractivity contribution >= 4 is 23.5 Å². The summed E-state index contributed by atoms with van der Waals surface area (Å²) in [4.78, 5) is 45.2. The topological polar surface area (TPSA) is 169 Å². The minimum Gasteiger partial charge on any atom is -0.396 e. The maximum Gasteiger partial charge on any atom is 0.276 e. The van der Waals surface area contributed by atoms with Gasteiger partial charge in [0.1, 0.15) is 0 Å². The molecule has 2 amide bonds. The predicted octanol–water partition coefficient (Wildman–Crippen LogP) is -0.383. The van der Waals surface area contributed by atoms with E-state index < -0.39 is 11.8 Å². The van der Waals surface area contributed by atoms with Crippen molar-refractivity contribution < 1.29 is 48.2 Å². The molecule has 0 fully saturated rings. The molecule has 1 heterocycles. The van der Waals surface area contributed by atoms with Gasteiger partial charge < -0.3 is 58.2 Å². The molecule has 0 atom stereocenters. The smallest absolute Gasteiger partial charge is 0.276 e. The van der Waals surface area contributed by atoms with Crippen LogP contribution in [0.1, 0.15) is 33.8 Å². The first-order chi connectivity index (χ1) is 22.4. The molecule has 0 aliphatic carbocycles. The van der Waals surface area contributed by atoms with Gasteiger partial charge in [-0.15, -0.1) is 0 Å². The molecular weight excluding hydrogens is 604 g/mol. The van der Waals surface area contributed by atoms with Crippen LogP contribution in [0.4, 0.5) is 11.6 Å². The standard InChI is InChI=1S/C30H56N6O10/c1-41-19-11-33(12-20-42-2)27-25(29(39)35(9-7-17-37)10-8-18-38)31-28(34(13-21-43-3)14-22-44-4)26(32-27)30(40)36(15-23-45-5)16-24-46-6/h37-38H,7-24H2,1-6H3. The van der Waals surface area contributed by atoms with E-state index >= 15 is 0 Å². The number of aliphatic hydroxyl groups excluding tert-OH is 2. The number of aliphatic hydroxyl groups is 2. The Balaban J connectivity index is 4.11. The second-order valence-electron chi connectivity index (χ2n) is 10.2. The van der Waals surface area contributed by atoms with Crippen LogP contribution in [0.2, 0.25) is 0 Å². The van der Waals surface area contributed by atoms with Gasteiger partial charge in [0.2, 0.25) is 0 Å². The fourth-order valence-electron chi connectivity index (χ4n) is 4.45. The Hall–Kier alpha value is -2.70. The number of aromatic nitrogens is 2. The zero-order valence-corrected chi connectivity index (χ0v) is 28.6. The third kappa shape index (κ3) is 14.0. The van der Waals surface area contributed by atoms with Crippen LogP contribution in [-0.2, 0) is 28.4 Å². The number of rotatable bonds is 28. The molecule has 0 saturated carbocycles. The molecule has 266 valence electrons. The van der Waals surface area contributed by atoms with Crippen molar-refractivity contribution in [2.24, 2.45) is 0 Å². The molecule has 1 rings (SSSR count). The molecule has 0 aromatic carbocycles. The van der Waals surface area contributed by atoms with Gasteiger partial charge in [0.05, 0.1) is 39.6 Å². The minimum absolute atomic E-state index is 0.0230. The summed E-state index contributed by atoms with van der Waals surface area (Å²) in [5.74, 6) is -0.458. The van der Waals surface area contributed by atoms with Crippen LogP contribution in [-0.4, -0.2) is 190 Å². The SMILES string of the molecule is COCCN(CCOC)C(=O)c1nc(N(CCOC)CCOC)c(C(=O)N(CCCO)CCCO)nc1N(CCOC)CCOC. The molecular formula is C30H56N6O10. The lowest BCUT2D eigenvalue weighted by Crippen LogP contribution is -2.42. The van der Waals surface area contributed by atoms with Crippen molar-refractivity contribution in [2.75, 3.05) is 158 Å². The van der Waals surface area contributed by atoms with E-state index in [1.165, 1.54) is 4.90 Å². The summed E-state index contributed by atoms with van der Waals surface area (Å²) in [6.45, 7) is 3.98. The number of carbonyl (C=O) groups is 2. The summed E-state index contributed by atoms with van der Waals surface area (Å²) in [6.07, 6.45) is 0.671. The van der Waals surface area contributed by atoms with Crippen LogP contribution >= 0.6 is 0 Å². The van der Waals surface area contributed by atoms with Crippen LogP contribution in [0.3, 0.4) is 0 Å². The van der Waals surface area contributed by atoms with Crippen molar-refractivity contribution in [3.63, 3.8) is 0 Å². The van der Waals surface area contributed by atoms with Crippen LogP contribution < -0.4 is 9.80 Å². The molecule has 0 saturated heterocycles. The lowest BCUT2D eigenvalue weighted by atomic mass is 10.2. The van der Waals surface area contributed by atoms with E-state index in [0.29, 0.717) is 65.4 Å². The monoisotopic (exact) mass is 660 g/mol. The zero-order valence-electron chi connectivity index (χ0n) is 28.6. The first-order valence-electron chi connectivity index (χ1n) is 15.5. The number of hydrogen-bond acceptors (Lipinski definition) is 14. The number of anilines is 2. The average molecular weight is 661 g/mol. The first-order valence-corrected chi connectivity index (χ1v) is 15.5. The molecule has 46 heavy (non-hydrogen) atoms. The number of carbonyl (C=O) groups excluding carboxylic acids is 2. The molecule has 2 N–H and O–H groups in total. The van der Waals surface area contributed by atoms with Crippen molar-refractivity contribution in [3.8, 4) is 0 Å². The minimum atomic E-state index is -0.446. The molecule has 0 aliphatic rings. The van der Waals surface area contributed by atoms with Gasteiger partial charge in [0.25, 0.3) is 11.8 Å². The van der Waals surface area contributed by atoms with Gasteiger partial charge in [-0.05, 0) is 12.8 Å². The summed E-state index contributed by atoms with van der Waals surface area (Å²) in [5, 5.41) is 19.1. The van der Waals surface area contributed by atoms with Crippen LogP contribution in [0.25, 0.3) is 0 Å². The highest BCUT2D eigenvalue weighted by atomic mass is 16.5. The predicted molar refractivity (Wildman–Crippen MR) is 173 cm³/mol. The highest BCUT2D eigenvalue weighted by Gasteiger charge is 2.32. The summed E-state index contributed by atoms with van der Waals surface area (Å²) in [6, 6.07) is 0. The number of hydrogen-bond donors (Lipinski definition) is 2. The Kier molecular flexibility index (Phi) is 22.8. The van der Waals surface area contributed by atoms with E-state index in [0.717, 1.165) is 0 Å². The summed E-state index contributed by atoms with van der Waals surface area (Å²) >= 11 is 0. The van der Waals surface area contributed by atoms with Gasteiger partial charge >= 0.3 is 0 Å². The Bertz CT molecular complexity index is 869. The second kappa shape index (κ2) is 25.4. The van der Waals surface area contributed by atoms with Gasteiger partial charge in [-0.1, -0.05) is 0 Å². The third-order valence-electron chi connectivity index (χ3n) is 7.00. The van der Waals surface area contributed by atoms with E-state index in [4.69, 9.17) is 38.4 Å². The number of ether oxygens (including phenoxy) is 6. The third-order valence-corrected chi connectivity index (χ3v) is 7.00. The van der Waals surface area contributed by atoms with Crippen molar-refractivity contribution in [2.45, 2.75) is 12.8 Å². The number of amides is 2. The Labute approximate surface area is 273 Å². The van der Waals surface area contributed by atoms with E-state index in [9.17, 15) is 19.8 Å².